The highest BCUT2D eigenvalue weighted by Gasteiger charge is 2.18. The van der Waals surface area contributed by atoms with Crippen molar-refractivity contribution in [3.63, 3.8) is 0 Å². The summed E-state index contributed by atoms with van der Waals surface area (Å²) < 4.78 is 19.4. The Morgan fingerprint density at radius 3 is 2.44 bits per heavy atom. The van der Waals surface area contributed by atoms with Gasteiger partial charge in [-0.05, 0) is 74.6 Å². The first kappa shape index (κ1) is 25.7. The summed E-state index contributed by atoms with van der Waals surface area (Å²) in [5.74, 6) is 0.268. The van der Waals surface area contributed by atoms with Gasteiger partial charge >= 0.3 is 0 Å². The lowest BCUT2D eigenvalue weighted by atomic mass is 10.1. The highest BCUT2D eigenvalue weighted by molar-refractivity contribution is 7.12. The van der Waals surface area contributed by atoms with Crippen LogP contribution in [0.5, 0.6) is 0 Å². The van der Waals surface area contributed by atoms with Gasteiger partial charge in [0, 0.05) is 25.1 Å². The predicted molar refractivity (Wildman–Crippen MR) is 141 cm³/mol. The number of nitrogens with two attached hydrogens (primary N) is 1. The lowest BCUT2D eigenvalue weighted by Gasteiger charge is -2.23. The summed E-state index contributed by atoms with van der Waals surface area (Å²) in [6.07, 6.45) is 1.84. The number of aryl methyl sites for hydroxylation is 3. The summed E-state index contributed by atoms with van der Waals surface area (Å²) in [6, 6.07) is 13.7. The van der Waals surface area contributed by atoms with Crippen LogP contribution in [0.3, 0.4) is 0 Å². The Hall–Kier alpha value is -3.43. The van der Waals surface area contributed by atoms with Gasteiger partial charge in [0.25, 0.3) is 11.5 Å². The van der Waals surface area contributed by atoms with Gasteiger partial charge < -0.3 is 10.6 Å². The fourth-order valence-corrected chi connectivity index (χ4v) is 4.93. The molecule has 0 aliphatic heterocycles. The maximum atomic E-state index is 13.4. The standard InChI is InChI=1S/C27H30FN5O2S/c1-18-6-10-21(11-7-18)26(34)32(16-4-14-29)15-3-5-23-30-25-24(19(2)31-36-25)27(35)33(23)17-20-8-12-22(28)13-9-20/h6-13H,3-5,14-17,29H2,1-2H3. The minimum atomic E-state index is -0.325. The molecule has 0 atom stereocenters. The number of amides is 1. The van der Waals surface area contributed by atoms with E-state index < -0.39 is 0 Å². The molecule has 4 aromatic rings. The number of carbonyl (C=O) groups is 1. The molecule has 2 aromatic heterocycles. The summed E-state index contributed by atoms with van der Waals surface area (Å²) in [5, 5.41) is 0.519. The van der Waals surface area contributed by atoms with E-state index in [0.717, 1.165) is 11.1 Å². The van der Waals surface area contributed by atoms with Crippen LogP contribution in [-0.2, 0) is 13.0 Å². The fourth-order valence-electron chi connectivity index (χ4n) is 4.14. The molecule has 0 bridgehead atoms. The van der Waals surface area contributed by atoms with Gasteiger partial charge in [0.2, 0.25) is 0 Å². The average Bonchev–Trinajstić information content (AvgIpc) is 3.25. The molecule has 0 aliphatic rings. The summed E-state index contributed by atoms with van der Waals surface area (Å²) in [7, 11) is 0. The van der Waals surface area contributed by atoms with Gasteiger partial charge in [-0.15, -0.1) is 0 Å². The van der Waals surface area contributed by atoms with Gasteiger partial charge in [0.05, 0.1) is 17.6 Å². The van der Waals surface area contributed by atoms with Crippen molar-refractivity contribution >= 4 is 27.7 Å². The molecule has 36 heavy (non-hydrogen) atoms. The molecular formula is C27H30FN5O2S. The molecule has 4 rings (SSSR count). The molecule has 0 radical (unpaired) electrons. The normalized spacial score (nSPS) is 11.2. The van der Waals surface area contributed by atoms with Gasteiger partial charge in [-0.3, -0.25) is 14.2 Å². The summed E-state index contributed by atoms with van der Waals surface area (Å²) in [5.41, 5.74) is 8.77. The van der Waals surface area contributed by atoms with Crippen LogP contribution in [-0.4, -0.2) is 44.4 Å². The molecule has 0 spiro atoms. The molecule has 2 N–H and O–H groups in total. The summed E-state index contributed by atoms with van der Waals surface area (Å²) in [6.45, 7) is 5.64. The van der Waals surface area contributed by atoms with E-state index in [1.54, 1.807) is 23.6 Å². The fraction of sp³-hybridized carbons (Fsp3) is 0.333. The number of fused-ring (bicyclic) bond motifs is 1. The van der Waals surface area contributed by atoms with Crippen LogP contribution in [0.4, 0.5) is 4.39 Å². The average molecular weight is 508 g/mol. The van der Waals surface area contributed by atoms with Crippen molar-refractivity contribution in [1.29, 1.82) is 0 Å². The lowest BCUT2D eigenvalue weighted by Crippen LogP contribution is -2.34. The van der Waals surface area contributed by atoms with Crippen LogP contribution in [0.25, 0.3) is 10.2 Å². The first-order chi connectivity index (χ1) is 17.4. The second-order valence-corrected chi connectivity index (χ2v) is 9.65. The van der Waals surface area contributed by atoms with Crippen molar-refractivity contribution in [3.05, 3.63) is 92.9 Å². The van der Waals surface area contributed by atoms with Crippen LogP contribution < -0.4 is 11.3 Å². The van der Waals surface area contributed by atoms with E-state index in [2.05, 4.69) is 4.37 Å². The van der Waals surface area contributed by atoms with Crippen molar-refractivity contribution in [3.8, 4) is 0 Å². The molecule has 2 aromatic carbocycles. The quantitative estimate of drug-likeness (QED) is 0.349. The van der Waals surface area contributed by atoms with Crippen molar-refractivity contribution in [1.82, 2.24) is 18.8 Å². The molecule has 0 saturated heterocycles. The third-order valence-electron chi connectivity index (χ3n) is 6.15. The van der Waals surface area contributed by atoms with Crippen LogP contribution in [0, 0.1) is 19.7 Å². The van der Waals surface area contributed by atoms with E-state index >= 15 is 0 Å². The maximum absolute atomic E-state index is 13.4. The number of carbonyl (C=O) groups excluding carboxylic acids is 1. The molecule has 2 heterocycles. The molecule has 7 nitrogen and oxygen atoms in total. The van der Waals surface area contributed by atoms with Crippen molar-refractivity contribution in [2.45, 2.75) is 39.7 Å². The lowest BCUT2D eigenvalue weighted by molar-refractivity contribution is 0.0752. The highest BCUT2D eigenvalue weighted by atomic mass is 32.1. The minimum absolute atomic E-state index is 0.0337. The van der Waals surface area contributed by atoms with Gasteiger partial charge in [0.15, 0.2) is 4.83 Å². The second kappa shape index (κ2) is 11.5. The molecular weight excluding hydrogens is 477 g/mol. The van der Waals surface area contributed by atoms with Gasteiger partial charge in [-0.2, -0.15) is 4.37 Å². The number of rotatable bonds is 10. The Labute approximate surface area is 213 Å². The van der Waals surface area contributed by atoms with E-state index in [9.17, 15) is 14.0 Å². The van der Waals surface area contributed by atoms with Crippen molar-refractivity contribution in [2.24, 2.45) is 5.73 Å². The first-order valence-corrected chi connectivity index (χ1v) is 12.8. The third kappa shape index (κ3) is 5.85. The van der Waals surface area contributed by atoms with Crippen LogP contribution in [0.1, 0.15) is 45.8 Å². The highest BCUT2D eigenvalue weighted by Crippen LogP contribution is 2.19. The predicted octanol–water partition coefficient (Wildman–Crippen LogP) is 4.08. The SMILES string of the molecule is Cc1ccc(C(=O)N(CCCN)CCCc2nc3snc(C)c3c(=O)n2Cc2ccc(F)cc2)cc1. The van der Waals surface area contributed by atoms with E-state index in [1.165, 1.54) is 23.7 Å². The smallest absolute Gasteiger partial charge is 0.264 e. The van der Waals surface area contributed by atoms with Crippen molar-refractivity contribution in [2.75, 3.05) is 19.6 Å². The van der Waals surface area contributed by atoms with Gasteiger partial charge in [-0.25, -0.2) is 9.37 Å². The molecule has 9 heteroatoms. The third-order valence-corrected chi connectivity index (χ3v) is 6.98. The Bertz CT molecular complexity index is 1400. The van der Waals surface area contributed by atoms with Crippen LogP contribution >= 0.6 is 11.5 Å². The number of nitrogens with zero attached hydrogens (tertiary/aromatic N) is 4. The topological polar surface area (TPSA) is 94.1 Å². The molecule has 0 aliphatic carbocycles. The molecule has 0 saturated carbocycles. The Kier molecular flexibility index (Phi) is 8.22. The zero-order chi connectivity index (χ0) is 25.7. The number of benzene rings is 2. The van der Waals surface area contributed by atoms with Gasteiger partial charge in [0.1, 0.15) is 11.6 Å². The first-order valence-electron chi connectivity index (χ1n) is 12.0. The second-order valence-electron chi connectivity index (χ2n) is 8.90. The molecule has 0 unspecified atom stereocenters. The number of aromatic nitrogens is 3. The van der Waals surface area contributed by atoms with E-state index in [4.69, 9.17) is 10.7 Å². The summed E-state index contributed by atoms with van der Waals surface area (Å²) in [4.78, 5) is 33.7. The number of hydrogen-bond donors (Lipinski definition) is 1. The van der Waals surface area contributed by atoms with Gasteiger partial charge in [-0.1, -0.05) is 29.8 Å². The van der Waals surface area contributed by atoms with Crippen molar-refractivity contribution < 1.29 is 9.18 Å². The largest absolute Gasteiger partial charge is 0.339 e. The Morgan fingerprint density at radius 1 is 1.06 bits per heavy atom. The number of hydrogen-bond acceptors (Lipinski definition) is 6. The number of halogens is 1. The van der Waals surface area contributed by atoms with E-state index in [1.807, 2.05) is 36.1 Å². The molecule has 188 valence electrons. The Balaban J connectivity index is 1.57. The zero-order valence-corrected chi connectivity index (χ0v) is 21.4. The maximum Gasteiger partial charge on any atom is 0.264 e. The molecule has 0 fully saturated rings. The summed E-state index contributed by atoms with van der Waals surface area (Å²) >= 11 is 1.21. The van der Waals surface area contributed by atoms with Crippen LogP contribution in [0.15, 0.2) is 53.3 Å². The van der Waals surface area contributed by atoms with Crippen LogP contribution in [0.2, 0.25) is 0 Å². The monoisotopic (exact) mass is 507 g/mol. The van der Waals surface area contributed by atoms with E-state index in [0.29, 0.717) is 66.2 Å². The zero-order valence-electron chi connectivity index (χ0n) is 20.5. The Morgan fingerprint density at radius 2 is 1.75 bits per heavy atom. The van der Waals surface area contributed by atoms with E-state index in [-0.39, 0.29) is 23.8 Å². The molecule has 1 amide bonds. The minimum Gasteiger partial charge on any atom is -0.339 e.